The Morgan fingerprint density at radius 1 is 1.04 bits per heavy atom. The molecule has 0 aromatic rings. The zero-order valence-corrected chi connectivity index (χ0v) is 13.5. The molecule has 0 bridgehead atoms. The number of esters is 1. The third-order valence-electron chi connectivity index (χ3n) is 3.53. The van der Waals surface area contributed by atoms with Crippen LogP contribution < -0.4 is 0 Å². The standard InChI is InChI=1S/C16H30O7/c1-2-3-4-5-6-7-8-9-14(20)23-11-13(19)16(22)15(21)12(18)10-17/h10,12-13,15-16,18-19,21-22H,2-9,11H2,1H3/t12-,13-,15+,16-/m1/s1/i1D. The van der Waals surface area contributed by atoms with E-state index < -0.39 is 37.0 Å². The van der Waals surface area contributed by atoms with E-state index in [-0.39, 0.29) is 12.7 Å². The molecule has 0 aliphatic carbocycles. The fraction of sp³-hybridized carbons (Fsp3) is 0.875. The topological polar surface area (TPSA) is 124 Å². The molecule has 0 spiro atoms. The smallest absolute Gasteiger partial charge is 0.305 e. The van der Waals surface area contributed by atoms with E-state index in [2.05, 4.69) is 0 Å². The minimum Gasteiger partial charge on any atom is -0.463 e. The van der Waals surface area contributed by atoms with E-state index in [0.717, 1.165) is 38.5 Å². The number of carbonyl (C=O) groups excluding carboxylic acids is 2. The fourth-order valence-corrected chi connectivity index (χ4v) is 2.01. The maximum absolute atomic E-state index is 11.5. The SMILES string of the molecule is [2H]CCCCCCCCCC(=O)OC[C@@H](O)[C@@H](O)[C@@H](O)[C@H](O)C=O. The number of aliphatic hydroxyl groups is 4. The van der Waals surface area contributed by atoms with Crippen LogP contribution in [0.5, 0.6) is 0 Å². The van der Waals surface area contributed by atoms with Crippen molar-refractivity contribution in [2.24, 2.45) is 0 Å². The highest BCUT2D eigenvalue weighted by molar-refractivity contribution is 5.69. The molecule has 136 valence electrons. The Bertz CT molecular complexity index is 340. The largest absolute Gasteiger partial charge is 0.463 e. The van der Waals surface area contributed by atoms with E-state index in [1.165, 1.54) is 0 Å². The Morgan fingerprint density at radius 3 is 2.26 bits per heavy atom. The third kappa shape index (κ3) is 10.4. The van der Waals surface area contributed by atoms with Gasteiger partial charge in [-0.3, -0.25) is 4.79 Å². The molecule has 23 heavy (non-hydrogen) atoms. The molecule has 0 aliphatic rings. The number of hydrogen-bond donors (Lipinski definition) is 4. The normalized spacial score (nSPS) is 17.0. The molecule has 0 saturated carbocycles. The van der Waals surface area contributed by atoms with Crippen LogP contribution in [-0.2, 0) is 14.3 Å². The second kappa shape index (κ2) is 13.4. The number of rotatable bonds is 14. The molecule has 0 heterocycles. The van der Waals surface area contributed by atoms with Gasteiger partial charge in [0.15, 0.2) is 6.29 Å². The lowest BCUT2D eigenvalue weighted by Crippen LogP contribution is -2.46. The monoisotopic (exact) mass is 335 g/mol. The zero-order valence-electron chi connectivity index (χ0n) is 14.5. The van der Waals surface area contributed by atoms with Crippen molar-refractivity contribution in [2.45, 2.75) is 82.7 Å². The summed E-state index contributed by atoms with van der Waals surface area (Å²) in [5, 5.41) is 37.5. The zero-order chi connectivity index (χ0) is 18.4. The molecule has 0 unspecified atom stereocenters. The average molecular weight is 335 g/mol. The average Bonchev–Trinajstić information content (AvgIpc) is 2.59. The van der Waals surface area contributed by atoms with Gasteiger partial charge in [-0.1, -0.05) is 45.4 Å². The Labute approximate surface area is 138 Å². The first-order chi connectivity index (χ1) is 11.4. The minimum atomic E-state index is -1.84. The summed E-state index contributed by atoms with van der Waals surface area (Å²) in [5.41, 5.74) is 0. The minimum absolute atomic E-state index is 0.0412. The number of hydrogen-bond acceptors (Lipinski definition) is 7. The van der Waals surface area contributed by atoms with Crippen LogP contribution in [0, 0.1) is 0 Å². The summed E-state index contributed by atoms with van der Waals surface area (Å²) < 4.78 is 11.8. The summed E-state index contributed by atoms with van der Waals surface area (Å²) in [6.45, 7) is -0.0483. The van der Waals surface area contributed by atoms with Gasteiger partial charge in [-0.05, 0) is 6.42 Å². The predicted octanol–water partition coefficient (Wildman–Crippen LogP) is 0.313. The molecule has 0 aromatic heterocycles. The quantitative estimate of drug-likeness (QED) is 0.205. The van der Waals surface area contributed by atoms with Crippen molar-refractivity contribution in [3.63, 3.8) is 0 Å². The van der Waals surface area contributed by atoms with Crippen molar-refractivity contribution in [1.29, 1.82) is 0 Å². The van der Waals surface area contributed by atoms with Crippen LogP contribution in [0.4, 0.5) is 0 Å². The van der Waals surface area contributed by atoms with Crippen LogP contribution >= 0.6 is 0 Å². The Morgan fingerprint density at radius 2 is 1.65 bits per heavy atom. The number of carbonyl (C=O) groups is 2. The van der Waals surface area contributed by atoms with Crippen molar-refractivity contribution in [3.8, 4) is 0 Å². The van der Waals surface area contributed by atoms with Gasteiger partial charge in [0.25, 0.3) is 0 Å². The van der Waals surface area contributed by atoms with Gasteiger partial charge < -0.3 is 30.0 Å². The highest BCUT2D eigenvalue weighted by Crippen LogP contribution is 2.09. The van der Waals surface area contributed by atoms with E-state index in [4.69, 9.17) is 11.2 Å². The molecule has 0 aromatic carbocycles. The van der Waals surface area contributed by atoms with E-state index in [9.17, 15) is 24.9 Å². The van der Waals surface area contributed by atoms with Crippen molar-refractivity contribution in [2.75, 3.05) is 6.61 Å². The molecule has 4 atom stereocenters. The molecular formula is C16H30O7. The molecule has 0 fully saturated rings. The highest BCUT2D eigenvalue weighted by atomic mass is 16.5. The van der Waals surface area contributed by atoms with E-state index in [0.29, 0.717) is 13.3 Å². The summed E-state index contributed by atoms with van der Waals surface area (Å²) in [4.78, 5) is 21.8. The maximum atomic E-state index is 11.5. The number of aliphatic hydroxyl groups excluding tert-OH is 4. The summed E-state index contributed by atoms with van der Waals surface area (Å²) in [6.07, 6.45) is -0.0328. The van der Waals surface area contributed by atoms with E-state index in [1.54, 1.807) is 0 Å². The van der Waals surface area contributed by atoms with Crippen molar-refractivity contribution >= 4 is 12.3 Å². The number of unbranched alkanes of at least 4 members (excludes halogenated alkanes) is 6. The first-order valence-corrected chi connectivity index (χ1v) is 8.06. The second-order valence-corrected chi connectivity index (χ2v) is 5.58. The van der Waals surface area contributed by atoms with Crippen LogP contribution in [0.2, 0.25) is 0 Å². The number of aldehydes is 1. The summed E-state index contributed by atoms with van der Waals surface area (Å²) in [6, 6.07) is 0. The van der Waals surface area contributed by atoms with Gasteiger partial charge in [0, 0.05) is 7.79 Å². The first-order valence-electron chi connectivity index (χ1n) is 8.77. The van der Waals surface area contributed by atoms with E-state index >= 15 is 0 Å². The van der Waals surface area contributed by atoms with Crippen molar-refractivity contribution in [1.82, 2.24) is 0 Å². The lowest BCUT2D eigenvalue weighted by atomic mass is 10.0. The predicted molar refractivity (Wildman–Crippen MR) is 83.7 cm³/mol. The highest BCUT2D eigenvalue weighted by Gasteiger charge is 2.30. The molecule has 7 nitrogen and oxygen atoms in total. The lowest BCUT2D eigenvalue weighted by Gasteiger charge is -2.23. The second-order valence-electron chi connectivity index (χ2n) is 5.58. The van der Waals surface area contributed by atoms with Gasteiger partial charge in [-0.15, -0.1) is 0 Å². The van der Waals surface area contributed by atoms with Gasteiger partial charge in [-0.25, -0.2) is 0 Å². The van der Waals surface area contributed by atoms with Crippen LogP contribution in [0.3, 0.4) is 0 Å². The molecule has 7 heteroatoms. The molecule has 0 rings (SSSR count). The molecule has 4 N–H and O–H groups in total. The fourth-order valence-electron chi connectivity index (χ4n) is 2.01. The maximum Gasteiger partial charge on any atom is 0.305 e. The van der Waals surface area contributed by atoms with Crippen molar-refractivity contribution in [3.05, 3.63) is 0 Å². The molecule has 0 aliphatic heterocycles. The summed E-state index contributed by atoms with van der Waals surface area (Å²) in [7, 11) is 0. The van der Waals surface area contributed by atoms with Gasteiger partial charge in [0.05, 0.1) is 0 Å². The van der Waals surface area contributed by atoms with Crippen LogP contribution in [0.15, 0.2) is 0 Å². The molecular weight excluding hydrogens is 304 g/mol. The van der Waals surface area contributed by atoms with Gasteiger partial charge in [-0.2, -0.15) is 0 Å². The summed E-state index contributed by atoms with van der Waals surface area (Å²) >= 11 is 0. The van der Waals surface area contributed by atoms with Crippen LogP contribution in [0.25, 0.3) is 0 Å². The van der Waals surface area contributed by atoms with E-state index in [1.807, 2.05) is 0 Å². The van der Waals surface area contributed by atoms with Gasteiger partial charge >= 0.3 is 5.97 Å². The van der Waals surface area contributed by atoms with Crippen molar-refractivity contribution < 1.29 is 36.1 Å². The van der Waals surface area contributed by atoms with Gasteiger partial charge in [0.2, 0.25) is 0 Å². The summed E-state index contributed by atoms with van der Waals surface area (Å²) in [5.74, 6) is -0.513. The molecule has 0 amide bonds. The lowest BCUT2D eigenvalue weighted by molar-refractivity contribution is -0.156. The first kappa shape index (κ1) is 20.0. The molecule has 0 radical (unpaired) electrons. The Hall–Kier alpha value is -1.02. The van der Waals surface area contributed by atoms with Crippen LogP contribution in [-0.4, -0.2) is 63.7 Å². The molecule has 0 saturated heterocycles. The van der Waals surface area contributed by atoms with Crippen LogP contribution in [0.1, 0.15) is 59.6 Å². The Balaban J connectivity index is 3.72. The number of ether oxygens (including phenoxy) is 1. The Kier molecular flexibility index (Phi) is 11.7. The van der Waals surface area contributed by atoms with Gasteiger partial charge in [0.1, 0.15) is 31.0 Å². The third-order valence-corrected chi connectivity index (χ3v) is 3.53.